The monoisotopic (exact) mass is 409 g/mol. The fraction of sp³-hybridized carbons (Fsp3) is 0.222. The van der Waals surface area contributed by atoms with Crippen molar-refractivity contribution in [3.8, 4) is 0 Å². The first-order valence-corrected chi connectivity index (χ1v) is 3.03. The molecule has 0 aromatic heterocycles. The van der Waals surface area contributed by atoms with Crippen molar-refractivity contribution in [1.29, 1.82) is 0 Å². The molecule has 0 unspecified atom stereocenters. The van der Waals surface area contributed by atoms with Crippen molar-refractivity contribution < 1.29 is 57.3 Å². The minimum atomic E-state index is 0. The van der Waals surface area contributed by atoms with Gasteiger partial charge in [0.15, 0.2) is 0 Å². The molecule has 1 N–H and O–H groups in total. The van der Waals surface area contributed by atoms with Crippen LogP contribution in [-0.4, -0.2) is 6.54 Å². The van der Waals surface area contributed by atoms with Gasteiger partial charge in [0, 0.05) is 57.3 Å². The Hall–Kier alpha value is 1.08. The van der Waals surface area contributed by atoms with Crippen molar-refractivity contribution in [2.45, 2.75) is 6.42 Å². The van der Waals surface area contributed by atoms with E-state index in [-0.39, 0.29) is 64.7 Å². The van der Waals surface area contributed by atoms with E-state index in [1.807, 2.05) is 24.3 Å². The minimum Gasteiger partial charge on any atom is -0.677 e. The van der Waals surface area contributed by atoms with E-state index in [0.29, 0.717) is 6.54 Å². The van der Waals surface area contributed by atoms with E-state index in [1.165, 1.54) is 0 Å². The van der Waals surface area contributed by atoms with E-state index in [1.54, 1.807) is 0 Å². The van der Waals surface area contributed by atoms with Gasteiger partial charge in [-0.25, -0.2) is 0 Å². The predicted molar refractivity (Wildman–Crippen MR) is 44.6 cm³/mol. The SMILES string of the molecule is [CH3-].[NH-]CCc1[c-]cccc1.[Pd].[Tm]. The third-order valence-corrected chi connectivity index (χ3v) is 1.17. The van der Waals surface area contributed by atoms with Crippen molar-refractivity contribution in [2.75, 3.05) is 6.54 Å². The average molecular weight is 410 g/mol. The second-order valence-electron chi connectivity index (χ2n) is 1.89. The molecule has 0 saturated heterocycles. The van der Waals surface area contributed by atoms with Gasteiger partial charge in [-0.2, -0.15) is 35.9 Å². The van der Waals surface area contributed by atoms with Crippen molar-refractivity contribution >= 4 is 0 Å². The van der Waals surface area contributed by atoms with Crippen molar-refractivity contribution in [3.63, 3.8) is 0 Å². The van der Waals surface area contributed by atoms with Crippen LogP contribution in [0.1, 0.15) is 5.56 Å². The van der Waals surface area contributed by atoms with Crippen LogP contribution in [0.15, 0.2) is 24.3 Å². The third kappa shape index (κ3) is 7.71. The van der Waals surface area contributed by atoms with E-state index in [2.05, 4.69) is 6.07 Å². The van der Waals surface area contributed by atoms with Gasteiger partial charge in [0.2, 0.25) is 0 Å². The van der Waals surface area contributed by atoms with Crippen LogP contribution in [0.5, 0.6) is 0 Å². The number of hydrogen-bond donors (Lipinski definition) is 0. The Morgan fingerprint density at radius 3 is 2.42 bits per heavy atom. The van der Waals surface area contributed by atoms with Gasteiger partial charge in [-0.1, -0.05) is 6.42 Å². The van der Waals surface area contributed by atoms with Gasteiger partial charge in [-0.05, 0) is 0 Å². The van der Waals surface area contributed by atoms with E-state index < -0.39 is 0 Å². The topological polar surface area (TPSA) is 23.8 Å². The number of rotatable bonds is 2. The molecule has 3 heteroatoms. The van der Waals surface area contributed by atoms with Crippen LogP contribution in [0.4, 0.5) is 0 Å². The molecule has 1 rings (SSSR count). The Kier molecular flexibility index (Phi) is 18.9. The average Bonchev–Trinajstić information content (AvgIpc) is 1.91. The molecule has 0 fully saturated rings. The zero-order valence-electron chi connectivity index (χ0n) is 6.82. The van der Waals surface area contributed by atoms with Gasteiger partial charge in [0.05, 0.1) is 0 Å². The summed E-state index contributed by atoms with van der Waals surface area (Å²) in [5.74, 6) is 0. The van der Waals surface area contributed by atoms with E-state index in [0.717, 1.165) is 12.0 Å². The number of nitrogens with one attached hydrogen (secondary N) is 1. The van der Waals surface area contributed by atoms with E-state index in [4.69, 9.17) is 5.73 Å². The van der Waals surface area contributed by atoms with Crippen molar-refractivity contribution in [3.05, 3.63) is 49.1 Å². The summed E-state index contributed by atoms with van der Waals surface area (Å²) in [7, 11) is 0. The Morgan fingerprint density at radius 2 is 2.00 bits per heavy atom. The maximum absolute atomic E-state index is 6.92. The molecule has 0 aliphatic heterocycles. The Labute approximate surface area is 118 Å². The van der Waals surface area contributed by atoms with Gasteiger partial charge in [0.25, 0.3) is 0 Å². The summed E-state index contributed by atoms with van der Waals surface area (Å²) in [5, 5.41) is 0. The smallest absolute Gasteiger partial charge is 0 e. The maximum atomic E-state index is 6.92. The zero-order chi connectivity index (χ0) is 6.53. The van der Waals surface area contributed by atoms with Gasteiger partial charge in [-0.15, -0.1) is 6.54 Å². The van der Waals surface area contributed by atoms with Gasteiger partial charge < -0.3 is 13.2 Å². The molecule has 12 heavy (non-hydrogen) atoms. The first-order valence-electron chi connectivity index (χ1n) is 3.03. The first kappa shape index (κ1) is 18.8. The minimum absolute atomic E-state index is 0. The summed E-state index contributed by atoms with van der Waals surface area (Å²) in [6.07, 6.45) is 0.820. The molecule has 0 saturated carbocycles. The second kappa shape index (κ2) is 12.1. The van der Waals surface area contributed by atoms with Crippen LogP contribution in [0.3, 0.4) is 0 Å². The summed E-state index contributed by atoms with van der Waals surface area (Å²) in [5.41, 5.74) is 8.05. The Bertz CT molecular complexity index is 167. The molecule has 0 heterocycles. The number of benzene rings is 1. The molecule has 0 bridgehead atoms. The van der Waals surface area contributed by atoms with Gasteiger partial charge in [0.1, 0.15) is 0 Å². The normalized spacial score (nSPS) is 7.08. The van der Waals surface area contributed by atoms with Crippen LogP contribution in [0.25, 0.3) is 5.73 Å². The Morgan fingerprint density at radius 1 is 1.33 bits per heavy atom. The fourth-order valence-corrected chi connectivity index (χ4v) is 0.721. The molecular weight excluding hydrogens is 397 g/mol. The fourth-order valence-electron chi connectivity index (χ4n) is 0.721. The summed E-state index contributed by atoms with van der Waals surface area (Å²) >= 11 is 0. The van der Waals surface area contributed by atoms with Crippen LogP contribution >= 0.6 is 0 Å². The van der Waals surface area contributed by atoms with Gasteiger partial charge >= 0.3 is 0 Å². The standard InChI is InChI=1S/C8H9N.CH3.Pd.Tm/c9-7-6-8-4-2-1-3-5-8;;;/h1-4,9H,6-7H2;1H3;;/q-2;-1;;. The molecule has 1 radical (unpaired) electrons. The summed E-state index contributed by atoms with van der Waals surface area (Å²) in [4.78, 5) is 0. The predicted octanol–water partition coefficient (Wildman–Crippen LogP) is 2.53. The second-order valence-corrected chi connectivity index (χ2v) is 1.89. The first-order chi connectivity index (χ1) is 4.43. The maximum Gasteiger partial charge on any atom is 0 e. The molecule has 0 aliphatic carbocycles. The molecule has 79 valence electrons. The number of hydrogen-bond acceptors (Lipinski definition) is 0. The van der Waals surface area contributed by atoms with Crippen LogP contribution in [-0.2, 0) is 26.8 Å². The Balaban J connectivity index is -0.000000270. The van der Waals surface area contributed by atoms with Crippen molar-refractivity contribution in [2.24, 2.45) is 0 Å². The van der Waals surface area contributed by atoms with Crippen molar-refractivity contribution in [1.82, 2.24) is 0 Å². The molecule has 0 aliphatic rings. The molecule has 1 aromatic carbocycles. The molecule has 1 nitrogen and oxygen atoms in total. The molecule has 0 atom stereocenters. The van der Waals surface area contributed by atoms with E-state index >= 15 is 0 Å². The summed E-state index contributed by atoms with van der Waals surface area (Å²) < 4.78 is 0. The third-order valence-electron chi connectivity index (χ3n) is 1.17. The quantitative estimate of drug-likeness (QED) is 0.530. The zero-order valence-corrected chi connectivity index (χ0v) is 10.2. The van der Waals surface area contributed by atoms with E-state index in [9.17, 15) is 0 Å². The summed E-state index contributed by atoms with van der Waals surface area (Å²) in [6, 6.07) is 10.8. The van der Waals surface area contributed by atoms with Crippen LogP contribution < -0.4 is 0 Å². The van der Waals surface area contributed by atoms with Crippen LogP contribution in [0, 0.1) is 50.4 Å². The molecular formula is C9H12NPdTm-3. The molecule has 0 amide bonds. The summed E-state index contributed by atoms with van der Waals surface area (Å²) in [6.45, 7) is 0.459. The van der Waals surface area contributed by atoms with Gasteiger partial charge in [-0.3, -0.25) is 0 Å². The largest absolute Gasteiger partial charge is 0.677 e. The molecule has 1 aromatic rings. The van der Waals surface area contributed by atoms with Crippen LogP contribution in [0.2, 0.25) is 0 Å². The molecule has 0 spiro atoms.